The van der Waals surface area contributed by atoms with Gasteiger partial charge in [0, 0.05) is 51.4 Å². The lowest BCUT2D eigenvalue weighted by atomic mass is 10.1. The van der Waals surface area contributed by atoms with E-state index in [2.05, 4.69) is 15.2 Å². The first-order valence-corrected chi connectivity index (χ1v) is 20.7. The van der Waals surface area contributed by atoms with Crippen LogP contribution >= 0.6 is 0 Å². The second-order valence-electron chi connectivity index (χ2n) is 15.7. The largest absolute Gasteiger partial charge is 0.497 e. The van der Waals surface area contributed by atoms with Gasteiger partial charge < -0.3 is 39.2 Å². The van der Waals surface area contributed by atoms with Crippen LogP contribution in [0, 0.1) is 13.8 Å². The van der Waals surface area contributed by atoms with Crippen molar-refractivity contribution >= 4 is 45.7 Å². The van der Waals surface area contributed by atoms with Crippen LogP contribution in [0.1, 0.15) is 86.3 Å². The SMILES string of the molecule is CCn1nc(C)cc1C(=O)N=c1n(C)c2cc(C(N)=O)ccc2n1C/C(C)=C(\C)Cn1c(=NC(=O)c2cc(C)nn2CC)n(C)c2cc(C(N)=O)cc(OCc3ccc(OC)cc3)c21. The molecule has 7 rings (SSSR count). The molecule has 0 fully saturated rings. The minimum absolute atomic E-state index is 0.142. The molecule has 0 atom stereocenters. The van der Waals surface area contributed by atoms with Crippen molar-refractivity contribution in [3.63, 3.8) is 0 Å². The Hall–Kier alpha value is -7.76. The topological polar surface area (TPSA) is 219 Å². The van der Waals surface area contributed by atoms with E-state index in [0.717, 1.165) is 16.7 Å². The summed E-state index contributed by atoms with van der Waals surface area (Å²) in [5.41, 5.74) is 19.8. The Morgan fingerprint density at radius 3 is 1.70 bits per heavy atom. The van der Waals surface area contributed by atoms with Crippen molar-refractivity contribution in [2.24, 2.45) is 35.5 Å². The molecule has 0 aliphatic heterocycles. The molecule has 18 nitrogen and oxygen atoms in total. The lowest BCUT2D eigenvalue weighted by Gasteiger charge is -2.15. The van der Waals surface area contributed by atoms with E-state index in [0.29, 0.717) is 80.6 Å². The van der Waals surface area contributed by atoms with Crippen LogP contribution in [0.2, 0.25) is 0 Å². The zero-order valence-corrected chi connectivity index (χ0v) is 37.5. The number of hydrogen-bond acceptors (Lipinski definition) is 8. The van der Waals surface area contributed by atoms with Gasteiger partial charge in [-0.2, -0.15) is 20.2 Å². The summed E-state index contributed by atoms with van der Waals surface area (Å²) < 4.78 is 22.4. The maximum atomic E-state index is 14.1. The average molecular weight is 869 g/mol. The Morgan fingerprint density at radius 1 is 0.656 bits per heavy atom. The van der Waals surface area contributed by atoms with Crippen molar-refractivity contribution in [3.8, 4) is 11.5 Å². The van der Waals surface area contributed by atoms with Crippen LogP contribution in [0.3, 0.4) is 0 Å². The van der Waals surface area contributed by atoms with Crippen LogP contribution in [-0.2, 0) is 46.9 Å². The molecule has 0 aliphatic rings. The number of carbonyl (C=O) groups is 4. The van der Waals surface area contributed by atoms with Gasteiger partial charge in [0.2, 0.25) is 23.1 Å². The summed E-state index contributed by atoms with van der Waals surface area (Å²) in [6.07, 6.45) is 0. The van der Waals surface area contributed by atoms with Gasteiger partial charge in [0.15, 0.2) is 0 Å². The first-order valence-electron chi connectivity index (χ1n) is 20.7. The minimum Gasteiger partial charge on any atom is -0.497 e. The third kappa shape index (κ3) is 8.53. The number of imidazole rings is 2. The van der Waals surface area contributed by atoms with Crippen LogP contribution in [0.25, 0.3) is 22.1 Å². The molecule has 7 aromatic rings. The molecule has 0 spiro atoms. The van der Waals surface area contributed by atoms with E-state index in [1.807, 2.05) is 74.9 Å². The second-order valence-corrected chi connectivity index (χ2v) is 15.7. The van der Waals surface area contributed by atoms with E-state index < -0.39 is 23.6 Å². The normalized spacial score (nSPS) is 12.6. The van der Waals surface area contributed by atoms with Crippen LogP contribution in [-0.4, -0.2) is 68.6 Å². The molecule has 0 saturated heterocycles. The van der Waals surface area contributed by atoms with Gasteiger partial charge in [-0.1, -0.05) is 23.3 Å². The zero-order chi connectivity index (χ0) is 46.1. The Morgan fingerprint density at radius 2 is 1.17 bits per heavy atom. The number of fused-ring (bicyclic) bond motifs is 2. The summed E-state index contributed by atoms with van der Waals surface area (Å²) in [5, 5.41) is 8.90. The predicted molar refractivity (Wildman–Crippen MR) is 240 cm³/mol. The first-order chi connectivity index (χ1) is 30.5. The highest BCUT2D eigenvalue weighted by molar-refractivity contribution is 5.99. The van der Waals surface area contributed by atoms with Gasteiger partial charge in [0.25, 0.3) is 11.8 Å². The molecule has 3 aromatic carbocycles. The molecule has 332 valence electrons. The quantitative estimate of drug-likeness (QED) is 0.147. The van der Waals surface area contributed by atoms with Crippen molar-refractivity contribution in [2.75, 3.05) is 7.11 Å². The summed E-state index contributed by atoms with van der Waals surface area (Å²) in [6, 6.07) is 19.2. The zero-order valence-electron chi connectivity index (χ0n) is 37.5. The van der Waals surface area contributed by atoms with Gasteiger partial charge in [-0.15, -0.1) is 0 Å². The molecule has 0 radical (unpaired) electrons. The Balaban J connectivity index is 1.41. The number of hydrogen-bond donors (Lipinski definition) is 2. The Labute approximate surface area is 368 Å². The lowest BCUT2D eigenvalue weighted by molar-refractivity contribution is 0.0977. The second kappa shape index (κ2) is 17.9. The predicted octanol–water partition coefficient (Wildman–Crippen LogP) is 4.63. The maximum Gasteiger partial charge on any atom is 0.298 e. The first kappa shape index (κ1) is 44.3. The number of rotatable bonds is 14. The van der Waals surface area contributed by atoms with Crippen LogP contribution in [0.5, 0.6) is 11.5 Å². The van der Waals surface area contributed by atoms with Gasteiger partial charge in [0.05, 0.1) is 35.0 Å². The highest BCUT2D eigenvalue weighted by Gasteiger charge is 2.22. The average Bonchev–Trinajstić information content (AvgIpc) is 4.00. The molecule has 18 heteroatoms. The van der Waals surface area contributed by atoms with E-state index in [4.69, 9.17) is 25.9 Å². The lowest BCUT2D eigenvalue weighted by Crippen LogP contribution is -2.28. The number of nitrogens with zero attached hydrogens (tertiary/aromatic N) is 10. The number of benzene rings is 3. The summed E-state index contributed by atoms with van der Waals surface area (Å²) in [7, 11) is 5.14. The van der Waals surface area contributed by atoms with E-state index in [9.17, 15) is 19.2 Å². The molecule has 4 N–H and O–H groups in total. The number of allylic oxidation sites excluding steroid dienone is 2. The number of aryl methyl sites for hydroxylation is 6. The standard InChI is InChI=1S/C46H52N12O6/c1-10-57-37(18-28(5)51-57)43(61)49-45-53(7)35-20-31(41(47)59)14-17-34(35)55(45)23-26(3)27(4)24-56-40-36(54(8)46(56)50-44(62)38-19-29(6)52-58(38)11-2)21-32(42(48)60)22-39(40)64-25-30-12-15-33(63-9)16-13-30/h12-22H,10-11,23-25H2,1-9H3,(H2,47,59)(H2,48,60)/b27-26+,49-45?,50-46?. The van der Waals surface area contributed by atoms with Crippen molar-refractivity contribution < 1.29 is 28.7 Å². The highest BCUT2D eigenvalue weighted by Crippen LogP contribution is 2.30. The van der Waals surface area contributed by atoms with E-state index >= 15 is 0 Å². The van der Waals surface area contributed by atoms with E-state index in [-0.39, 0.29) is 30.9 Å². The third-order valence-corrected chi connectivity index (χ3v) is 11.3. The third-order valence-electron chi connectivity index (χ3n) is 11.3. The van der Waals surface area contributed by atoms with Gasteiger partial charge in [-0.25, -0.2) is 0 Å². The fourth-order valence-electron chi connectivity index (χ4n) is 7.75. The minimum atomic E-state index is -0.656. The molecule has 4 aromatic heterocycles. The van der Waals surface area contributed by atoms with Crippen molar-refractivity contribution in [1.29, 1.82) is 0 Å². The van der Waals surface area contributed by atoms with Crippen molar-refractivity contribution in [2.45, 2.75) is 74.3 Å². The van der Waals surface area contributed by atoms with Gasteiger partial charge in [-0.3, -0.25) is 28.5 Å². The van der Waals surface area contributed by atoms with Crippen LogP contribution in [0.15, 0.2) is 87.9 Å². The maximum absolute atomic E-state index is 14.1. The number of nitrogens with two attached hydrogens (primary N) is 2. The number of primary amides is 2. The summed E-state index contributed by atoms with van der Waals surface area (Å²) in [6.45, 7) is 13.0. The van der Waals surface area contributed by atoms with Crippen LogP contribution in [0.4, 0.5) is 0 Å². The fraction of sp³-hybridized carbons (Fsp3) is 0.304. The Kier molecular flexibility index (Phi) is 12.4. The molecule has 0 aliphatic carbocycles. The number of amides is 4. The fourth-order valence-corrected chi connectivity index (χ4v) is 7.75. The number of aromatic nitrogens is 8. The van der Waals surface area contributed by atoms with E-state index in [1.54, 1.807) is 82.2 Å². The molecular weight excluding hydrogens is 817 g/mol. The summed E-state index contributed by atoms with van der Waals surface area (Å²) in [4.78, 5) is 62.3. The summed E-state index contributed by atoms with van der Waals surface area (Å²) in [5.74, 6) is -1.18. The molecule has 0 saturated carbocycles. The summed E-state index contributed by atoms with van der Waals surface area (Å²) >= 11 is 0. The van der Waals surface area contributed by atoms with E-state index in [1.165, 1.54) is 0 Å². The van der Waals surface area contributed by atoms with Gasteiger partial charge >= 0.3 is 0 Å². The molecule has 4 heterocycles. The van der Waals surface area contributed by atoms with Crippen molar-refractivity contribution in [1.82, 2.24) is 37.8 Å². The monoisotopic (exact) mass is 868 g/mol. The molecular formula is C46H52N12O6. The van der Waals surface area contributed by atoms with Gasteiger partial charge in [0.1, 0.15) is 35.0 Å². The number of carbonyl (C=O) groups excluding carboxylic acids is 4. The van der Waals surface area contributed by atoms with Crippen LogP contribution < -0.4 is 32.2 Å². The molecule has 0 bridgehead atoms. The number of ether oxygens (including phenoxy) is 2. The molecule has 0 unspecified atom stereocenters. The number of methoxy groups -OCH3 is 1. The van der Waals surface area contributed by atoms with Gasteiger partial charge in [-0.05, 0) is 102 Å². The highest BCUT2D eigenvalue weighted by atomic mass is 16.5. The molecule has 64 heavy (non-hydrogen) atoms. The Bertz CT molecular complexity index is 3180. The smallest absolute Gasteiger partial charge is 0.298 e. The van der Waals surface area contributed by atoms with Crippen molar-refractivity contribution in [3.05, 3.63) is 129 Å². The molecule has 4 amide bonds.